The fourth-order valence-electron chi connectivity index (χ4n) is 3.95. The molecule has 3 atom stereocenters. The summed E-state index contributed by atoms with van der Waals surface area (Å²) in [6.45, 7) is 1.71. The monoisotopic (exact) mass is 272 g/mol. The van der Waals surface area contributed by atoms with Crippen LogP contribution in [0.5, 0.6) is 0 Å². The van der Waals surface area contributed by atoms with Gasteiger partial charge in [0.25, 0.3) is 0 Å². The van der Waals surface area contributed by atoms with Gasteiger partial charge in [0.05, 0.1) is 18.8 Å². The Morgan fingerprint density at radius 1 is 1.11 bits per heavy atom. The summed E-state index contributed by atoms with van der Waals surface area (Å²) in [6, 6.07) is 0. The first kappa shape index (κ1) is 13.2. The molecule has 2 nitrogen and oxygen atoms in total. The Balaban J connectivity index is 1.54. The maximum absolute atomic E-state index is 6.54. The predicted octanol–water partition coefficient (Wildman–Crippen LogP) is 3.90. The molecule has 104 valence electrons. The molecule has 0 bridgehead atoms. The van der Waals surface area contributed by atoms with Crippen molar-refractivity contribution in [2.45, 2.75) is 75.4 Å². The number of rotatable bonds is 3. The lowest BCUT2D eigenvalue weighted by molar-refractivity contribution is -0.134. The Kier molecular flexibility index (Phi) is 4.17. The molecule has 3 rings (SSSR count). The minimum Gasteiger partial charge on any atom is -0.376 e. The van der Waals surface area contributed by atoms with E-state index in [1.807, 2.05) is 0 Å². The third-order valence-electron chi connectivity index (χ3n) is 5.23. The second kappa shape index (κ2) is 5.68. The first-order valence-electron chi connectivity index (χ1n) is 7.68. The fraction of sp³-hybridized carbons (Fsp3) is 1.00. The second-order valence-corrected chi connectivity index (χ2v) is 6.83. The topological polar surface area (TPSA) is 18.5 Å². The molecule has 3 unspecified atom stereocenters. The number of halogens is 1. The van der Waals surface area contributed by atoms with Crippen molar-refractivity contribution in [1.82, 2.24) is 0 Å². The smallest absolute Gasteiger partial charge is 0.0809 e. The largest absolute Gasteiger partial charge is 0.376 e. The molecule has 2 aliphatic carbocycles. The van der Waals surface area contributed by atoms with E-state index in [0.29, 0.717) is 23.0 Å². The number of alkyl halides is 1. The number of ether oxygens (including phenoxy) is 2. The summed E-state index contributed by atoms with van der Waals surface area (Å²) in [7, 11) is 0. The van der Waals surface area contributed by atoms with Gasteiger partial charge in [-0.15, -0.1) is 11.6 Å². The quantitative estimate of drug-likeness (QED) is 0.726. The van der Waals surface area contributed by atoms with Crippen LogP contribution in [0.3, 0.4) is 0 Å². The lowest BCUT2D eigenvalue weighted by Crippen LogP contribution is -2.56. The van der Waals surface area contributed by atoms with E-state index in [4.69, 9.17) is 21.1 Å². The maximum Gasteiger partial charge on any atom is 0.0809 e. The highest BCUT2D eigenvalue weighted by Gasteiger charge is 2.54. The van der Waals surface area contributed by atoms with Gasteiger partial charge < -0.3 is 9.47 Å². The summed E-state index contributed by atoms with van der Waals surface area (Å²) in [5, 5.41) is 0.352. The van der Waals surface area contributed by atoms with E-state index < -0.39 is 0 Å². The van der Waals surface area contributed by atoms with Crippen LogP contribution in [0.15, 0.2) is 0 Å². The van der Waals surface area contributed by atoms with E-state index in [9.17, 15) is 0 Å². The van der Waals surface area contributed by atoms with Gasteiger partial charge in [-0.3, -0.25) is 0 Å². The van der Waals surface area contributed by atoms with Gasteiger partial charge in [-0.1, -0.05) is 25.7 Å². The van der Waals surface area contributed by atoms with E-state index in [2.05, 4.69) is 0 Å². The van der Waals surface area contributed by atoms with Gasteiger partial charge in [-0.25, -0.2) is 0 Å². The fourth-order valence-corrected chi connectivity index (χ4v) is 4.47. The highest BCUT2D eigenvalue weighted by atomic mass is 35.5. The van der Waals surface area contributed by atoms with Gasteiger partial charge in [-0.2, -0.15) is 0 Å². The minimum absolute atomic E-state index is 0.302. The standard InChI is InChI=1S/C15H25ClO2/c16-13-10-14(18-11-12-6-5-9-17-12)15(13)7-3-1-2-4-8-15/h12-14H,1-11H2. The molecule has 1 spiro atoms. The summed E-state index contributed by atoms with van der Waals surface area (Å²) in [5.74, 6) is 0. The number of hydrogen-bond acceptors (Lipinski definition) is 2. The van der Waals surface area contributed by atoms with Crippen molar-refractivity contribution in [3.8, 4) is 0 Å². The van der Waals surface area contributed by atoms with Gasteiger partial charge in [0.2, 0.25) is 0 Å². The van der Waals surface area contributed by atoms with Crippen LogP contribution in [0.2, 0.25) is 0 Å². The van der Waals surface area contributed by atoms with Crippen LogP contribution < -0.4 is 0 Å². The average molecular weight is 273 g/mol. The Bertz CT molecular complexity index is 268. The number of hydrogen-bond donors (Lipinski definition) is 0. The van der Waals surface area contributed by atoms with Crippen molar-refractivity contribution in [1.29, 1.82) is 0 Å². The lowest BCUT2D eigenvalue weighted by Gasteiger charge is -2.53. The molecule has 3 aliphatic rings. The predicted molar refractivity (Wildman–Crippen MR) is 73.1 cm³/mol. The third-order valence-corrected chi connectivity index (χ3v) is 5.84. The summed E-state index contributed by atoms with van der Waals surface area (Å²) >= 11 is 6.54. The summed E-state index contributed by atoms with van der Waals surface area (Å²) in [6.07, 6.45) is 12.2. The van der Waals surface area contributed by atoms with Gasteiger partial charge in [0.15, 0.2) is 0 Å². The van der Waals surface area contributed by atoms with E-state index in [0.717, 1.165) is 19.6 Å². The van der Waals surface area contributed by atoms with Crippen LogP contribution in [0, 0.1) is 5.41 Å². The van der Waals surface area contributed by atoms with E-state index >= 15 is 0 Å². The molecular formula is C15H25ClO2. The molecule has 3 heteroatoms. The van der Waals surface area contributed by atoms with Crippen molar-refractivity contribution in [2.75, 3.05) is 13.2 Å². The van der Waals surface area contributed by atoms with Gasteiger partial charge in [0.1, 0.15) is 0 Å². The van der Waals surface area contributed by atoms with Crippen LogP contribution in [0.25, 0.3) is 0 Å². The van der Waals surface area contributed by atoms with Gasteiger partial charge in [-0.05, 0) is 32.1 Å². The van der Waals surface area contributed by atoms with Gasteiger partial charge in [0, 0.05) is 17.4 Å². The lowest BCUT2D eigenvalue weighted by atomic mass is 9.61. The molecule has 1 heterocycles. The zero-order valence-corrected chi connectivity index (χ0v) is 12.0. The zero-order valence-electron chi connectivity index (χ0n) is 11.2. The van der Waals surface area contributed by atoms with Crippen LogP contribution >= 0.6 is 11.6 Å². The molecular weight excluding hydrogens is 248 g/mol. The SMILES string of the molecule is ClC1CC(OCC2CCCO2)C12CCCCCC2. The van der Waals surface area contributed by atoms with Crippen LogP contribution in [-0.4, -0.2) is 30.8 Å². The van der Waals surface area contributed by atoms with Crippen LogP contribution in [0.1, 0.15) is 57.8 Å². The second-order valence-electron chi connectivity index (χ2n) is 6.31. The first-order valence-corrected chi connectivity index (χ1v) is 8.12. The van der Waals surface area contributed by atoms with E-state index in [-0.39, 0.29) is 0 Å². The Morgan fingerprint density at radius 2 is 1.89 bits per heavy atom. The third kappa shape index (κ3) is 2.44. The van der Waals surface area contributed by atoms with Crippen molar-refractivity contribution < 1.29 is 9.47 Å². The van der Waals surface area contributed by atoms with Crippen molar-refractivity contribution in [3.63, 3.8) is 0 Å². The highest BCUT2D eigenvalue weighted by molar-refractivity contribution is 6.21. The Morgan fingerprint density at radius 3 is 2.50 bits per heavy atom. The molecule has 3 fully saturated rings. The highest BCUT2D eigenvalue weighted by Crippen LogP contribution is 2.55. The average Bonchev–Trinajstić information content (AvgIpc) is 2.75. The molecule has 0 radical (unpaired) electrons. The molecule has 1 saturated heterocycles. The van der Waals surface area contributed by atoms with Crippen LogP contribution in [-0.2, 0) is 9.47 Å². The first-order chi connectivity index (χ1) is 8.81. The van der Waals surface area contributed by atoms with Gasteiger partial charge >= 0.3 is 0 Å². The zero-order chi connectivity index (χ0) is 12.4. The molecule has 1 aliphatic heterocycles. The van der Waals surface area contributed by atoms with Crippen molar-refractivity contribution in [2.24, 2.45) is 5.41 Å². The van der Waals surface area contributed by atoms with Crippen LogP contribution in [0.4, 0.5) is 0 Å². The molecule has 0 N–H and O–H groups in total. The Hall–Kier alpha value is 0.210. The van der Waals surface area contributed by atoms with Crippen molar-refractivity contribution in [3.05, 3.63) is 0 Å². The Labute approximate surface area is 115 Å². The molecule has 18 heavy (non-hydrogen) atoms. The summed E-state index contributed by atoms with van der Waals surface area (Å²) in [4.78, 5) is 0. The maximum atomic E-state index is 6.54. The normalized spacial score (nSPS) is 39.5. The van der Waals surface area contributed by atoms with E-state index in [1.165, 1.54) is 51.4 Å². The van der Waals surface area contributed by atoms with E-state index in [1.54, 1.807) is 0 Å². The summed E-state index contributed by atoms with van der Waals surface area (Å²) in [5.41, 5.74) is 0.302. The summed E-state index contributed by atoms with van der Waals surface area (Å²) < 4.78 is 11.8. The molecule has 0 amide bonds. The molecule has 2 saturated carbocycles. The van der Waals surface area contributed by atoms with Crippen molar-refractivity contribution >= 4 is 11.6 Å². The molecule has 0 aromatic carbocycles. The molecule has 0 aromatic heterocycles. The minimum atomic E-state index is 0.302. The molecule has 0 aromatic rings.